The van der Waals surface area contributed by atoms with Crippen LogP contribution in [-0.2, 0) is 14.3 Å². The summed E-state index contributed by atoms with van der Waals surface area (Å²) in [6.45, 7) is 5.16. The Morgan fingerprint density at radius 3 is 2.45 bits per heavy atom. The summed E-state index contributed by atoms with van der Waals surface area (Å²) in [6, 6.07) is 16.1. The SMILES string of the molecule is Cc1n[nH]c(C)c1SCC(=O)OCC(=O)Nc1ccccc1C(=O)NC(C)c1ccccc1. The van der Waals surface area contributed by atoms with Gasteiger partial charge in [-0.2, -0.15) is 5.10 Å². The molecule has 0 saturated carbocycles. The number of amides is 2. The Morgan fingerprint density at radius 2 is 1.76 bits per heavy atom. The summed E-state index contributed by atoms with van der Waals surface area (Å²) in [4.78, 5) is 38.0. The number of para-hydroxylation sites is 1. The molecule has 1 atom stereocenters. The Labute approximate surface area is 196 Å². The molecule has 1 aromatic heterocycles. The van der Waals surface area contributed by atoms with Crippen molar-refractivity contribution < 1.29 is 19.1 Å². The Balaban J connectivity index is 1.52. The predicted molar refractivity (Wildman–Crippen MR) is 127 cm³/mol. The molecule has 0 aliphatic rings. The average Bonchev–Trinajstić information content (AvgIpc) is 3.14. The number of benzene rings is 2. The van der Waals surface area contributed by atoms with E-state index >= 15 is 0 Å². The first kappa shape index (κ1) is 24.1. The number of H-pyrrole nitrogens is 1. The van der Waals surface area contributed by atoms with Crippen LogP contribution in [0.1, 0.15) is 40.3 Å². The van der Waals surface area contributed by atoms with E-state index in [1.54, 1.807) is 24.3 Å². The van der Waals surface area contributed by atoms with Crippen molar-refractivity contribution in [1.82, 2.24) is 15.5 Å². The highest BCUT2D eigenvalue weighted by Gasteiger charge is 2.17. The Hall–Kier alpha value is -3.59. The standard InChI is InChI=1S/C24H26N4O4S/c1-15(18-9-5-4-6-10-18)25-24(31)19-11-7-8-12-20(19)26-21(29)13-32-22(30)14-33-23-16(2)27-28-17(23)3/h4-12,15H,13-14H2,1-3H3,(H,25,31)(H,26,29)(H,27,28). The first-order valence-electron chi connectivity index (χ1n) is 10.4. The Bertz CT molecular complexity index is 1110. The third-order valence-electron chi connectivity index (χ3n) is 4.85. The number of nitrogens with one attached hydrogen (secondary N) is 3. The topological polar surface area (TPSA) is 113 Å². The van der Waals surface area contributed by atoms with Gasteiger partial charge in [0.15, 0.2) is 6.61 Å². The highest BCUT2D eigenvalue weighted by molar-refractivity contribution is 8.00. The lowest BCUT2D eigenvalue weighted by atomic mass is 10.1. The lowest BCUT2D eigenvalue weighted by molar-refractivity contribution is -0.144. The zero-order valence-electron chi connectivity index (χ0n) is 18.7. The molecule has 3 aromatic rings. The maximum Gasteiger partial charge on any atom is 0.316 e. The number of carbonyl (C=O) groups is 3. The second-order valence-electron chi connectivity index (χ2n) is 7.41. The van der Waals surface area contributed by atoms with Gasteiger partial charge in [0.05, 0.1) is 33.6 Å². The molecule has 0 fully saturated rings. The molecule has 1 heterocycles. The molecule has 0 spiro atoms. The van der Waals surface area contributed by atoms with E-state index in [1.807, 2.05) is 51.1 Å². The van der Waals surface area contributed by atoms with Crippen LogP contribution in [0.5, 0.6) is 0 Å². The van der Waals surface area contributed by atoms with Gasteiger partial charge in [0, 0.05) is 5.69 Å². The van der Waals surface area contributed by atoms with Gasteiger partial charge < -0.3 is 15.4 Å². The first-order chi connectivity index (χ1) is 15.8. The van der Waals surface area contributed by atoms with Gasteiger partial charge in [-0.1, -0.05) is 42.5 Å². The number of rotatable bonds is 9. The van der Waals surface area contributed by atoms with Gasteiger partial charge >= 0.3 is 5.97 Å². The number of aromatic amines is 1. The van der Waals surface area contributed by atoms with Gasteiger partial charge in [0.1, 0.15) is 0 Å². The van der Waals surface area contributed by atoms with Crippen molar-refractivity contribution in [1.29, 1.82) is 0 Å². The third-order valence-corrected chi connectivity index (χ3v) is 6.12. The maximum atomic E-state index is 12.8. The van der Waals surface area contributed by atoms with Gasteiger partial charge in [0.25, 0.3) is 11.8 Å². The summed E-state index contributed by atoms with van der Waals surface area (Å²) >= 11 is 1.30. The summed E-state index contributed by atoms with van der Waals surface area (Å²) < 4.78 is 5.07. The molecular weight excluding hydrogens is 440 g/mol. The van der Waals surface area contributed by atoms with Crippen molar-refractivity contribution in [3.63, 3.8) is 0 Å². The Morgan fingerprint density at radius 1 is 1.06 bits per heavy atom. The predicted octanol–water partition coefficient (Wildman–Crippen LogP) is 3.79. The molecule has 1 unspecified atom stereocenters. The van der Waals surface area contributed by atoms with Crippen LogP contribution in [0.25, 0.3) is 0 Å². The molecule has 0 aliphatic carbocycles. The molecule has 2 aromatic carbocycles. The van der Waals surface area contributed by atoms with Crippen LogP contribution < -0.4 is 10.6 Å². The number of esters is 1. The third kappa shape index (κ3) is 6.69. The number of nitrogens with zero attached hydrogens (tertiary/aromatic N) is 1. The highest BCUT2D eigenvalue weighted by atomic mass is 32.2. The van der Waals surface area contributed by atoms with Crippen LogP contribution in [0.3, 0.4) is 0 Å². The molecule has 3 N–H and O–H groups in total. The van der Waals surface area contributed by atoms with Crippen LogP contribution in [0.4, 0.5) is 5.69 Å². The van der Waals surface area contributed by atoms with Gasteiger partial charge in [-0.3, -0.25) is 19.5 Å². The molecule has 172 valence electrons. The zero-order chi connectivity index (χ0) is 23.8. The molecule has 2 amide bonds. The number of hydrogen-bond acceptors (Lipinski definition) is 6. The van der Waals surface area contributed by atoms with Crippen molar-refractivity contribution in [2.45, 2.75) is 31.7 Å². The average molecular weight is 467 g/mol. The molecule has 3 rings (SSSR count). The number of aromatic nitrogens is 2. The van der Waals surface area contributed by atoms with Crippen molar-refractivity contribution in [2.75, 3.05) is 17.7 Å². The molecule has 0 saturated heterocycles. The van der Waals surface area contributed by atoms with Crippen LogP contribution in [0, 0.1) is 13.8 Å². The van der Waals surface area contributed by atoms with Gasteiger partial charge in [-0.05, 0) is 38.5 Å². The van der Waals surface area contributed by atoms with E-state index in [0.29, 0.717) is 11.3 Å². The minimum Gasteiger partial charge on any atom is -0.455 e. The van der Waals surface area contributed by atoms with Crippen molar-refractivity contribution in [2.24, 2.45) is 0 Å². The number of ether oxygens (including phenoxy) is 1. The molecular formula is C24H26N4O4S. The lowest BCUT2D eigenvalue weighted by Gasteiger charge is -2.16. The summed E-state index contributed by atoms with van der Waals surface area (Å²) in [5.41, 5.74) is 3.31. The van der Waals surface area contributed by atoms with Crippen molar-refractivity contribution in [3.8, 4) is 0 Å². The zero-order valence-corrected chi connectivity index (χ0v) is 19.5. The van der Waals surface area contributed by atoms with Crippen molar-refractivity contribution in [3.05, 3.63) is 77.1 Å². The summed E-state index contributed by atoms with van der Waals surface area (Å²) in [6.07, 6.45) is 0. The van der Waals surface area contributed by atoms with Gasteiger partial charge in [-0.15, -0.1) is 11.8 Å². The highest BCUT2D eigenvalue weighted by Crippen LogP contribution is 2.24. The van der Waals surface area contributed by atoms with E-state index in [0.717, 1.165) is 21.8 Å². The van der Waals surface area contributed by atoms with E-state index in [2.05, 4.69) is 20.8 Å². The summed E-state index contributed by atoms with van der Waals surface area (Å²) in [5.74, 6) is -1.30. The van der Waals surface area contributed by atoms with Crippen LogP contribution in [0.2, 0.25) is 0 Å². The lowest BCUT2D eigenvalue weighted by Crippen LogP contribution is -2.28. The van der Waals surface area contributed by atoms with Crippen molar-refractivity contribution >= 4 is 35.2 Å². The van der Waals surface area contributed by atoms with E-state index in [1.165, 1.54) is 11.8 Å². The number of anilines is 1. The minimum absolute atomic E-state index is 0.0604. The van der Waals surface area contributed by atoms with Crippen LogP contribution in [0.15, 0.2) is 59.5 Å². The first-order valence-corrected chi connectivity index (χ1v) is 11.4. The normalized spacial score (nSPS) is 11.5. The summed E-state index contributed by atoms with van der Waals surface area (Å²) in [5, 5.41) is 12.5. The van der Waals surface area contributed by atoms with Gasteiger partial charge in [-0.25, -0.2) is 0 Å². The molecule has 0 radical (unpaired) electrons. The van der Waals surface area contributed by atoms with E-state index in [4.69, 9.17) is 4.74 Å². The monoisotopic (exact) mass is 466 g/mol. The van der Waals surface area contributed by atoms with Crippen LogP contribution >= 0.6 is 11.8 Å². The molecule has 0 aliphatic heterocycles. The minimum atomic E-state index is -0.527. The quantitative estimate of drug-likeness (QED) is 0.327. The maximum absolute atomic E-state index is 12.8. The van der Waals surface area contributed by atoms with Gasteiger partial charge in [0.2, 0.25) is 0 Å². The molecule has 8 nitrogen and oxygen atoms in total. The summed E-state index contributed by atoms with van der Waals surface area (Å²) in [7, 11) is 0. The second-order valence-corrected chi connectivity index (χ2v) is 8.40. The number of hydrogen-bond donors (Lipinski definition) is 3. The van der Waals surface area contributed by atoms with E-state index in [-0.39, 0.29) is 17.7 Å². The number of carbonyl (C=O) groups excluding carboxylic acids is 3. The van der Waals surface area contributed by atoms with E-state index in [9.17, 15) is 14.4 Å². The van der Waals surface area contributed by atoms with E-state index < -0.39 is 18.5 Å². The molecule has 9 heteroatoms. The fourth-order valence-electron chi connectivity index (χ4n) is 3.15. The molecule has 0 bridgehead atoms. The fraction of sp³-hybridized carbons (Fsp3) is 0.250. The second kappa shape index (κ2) is 11.3. The number of aryl methyl sites for hydroxylation is 2. The largest absolute Gasteiger partial charge is 0.455 e. The fourth-order valence-corrected chi connectivity index (χ4v) is 4.01. The molecule has 33 heavy (non-hydrogen) atoms. The van der Waals surface area contributed by atoms with Crippen LogP contribution in [-0.4, -0.2) is 40.3 Å². The smallest absolute Gasteiger partial charge is 0.316 e. The Kier molecular flexibility index (Phi) is 8.26. The number of thioether (sulfide) groups is 1.